The highest BCUT2D eigenvalue weighted by Gasteiger charge is 2.19. The van der Waals surface area contributed by atoms with E-state index in [0.29, 0.717) is 46.2 Å². The van der Waals surface area contributed by atoms with Crippen molar-refractivity contribution in [2.24, 2.45) is 5.16 Å². The predicted octanol–water partition coefficient (Wildman–Crippen LogP) is 10.0. The van der Waals surface area contributed by atoms with Gasteiger partial charge in [0.1, 0.15) is 12.3 Å². The van der Waals surface area contributed by atoms with Crippen LogP contribution in [0.1, 0.15) is 72.2 Å². The van der Waals surface area contributed by atoms with Gasteiger partial charge in [0, 0.05) is 67.1 Å². The molecular formula is C37H37ClN2O3S. The van der Waals surface area contributed by atoms with Crippen LogP contribution in [-0.4, -0.2) is 34.2 Å². The number of aromatic nitrogens is 1. The Morgan fingerprint density at radius 3 is 2.16 bits per heavy atom. The lowest BCUT2D eigenvalue weighted by atomic mass is 9.99. The second-order valence-corrected chi connectivity index (χ2v) is 12.3. The number of carbonyl (C=O) groups is 2. The van der Waals surface area contributed by atoms with E-state index in [0.717, 1.165) is 58.9 Å². The Morgan fingerprint density at radius 2 is 1.48 bits per heavy atom. The Hall–Kier alpha value is -3.87. The first-order chi connectivity index (χ1) is 21.5. The Balaban J connectivity index is 1.44. The van der Waals surface area contributed by atoms with E-state index in [1.165, 1.54) is 0 Å². The molecule has 0 amide bonds. The first-order valence-corrected chi connectivity index (χ1v) is 16.6. The standard InChI is InChI=1S/C37H37ClN2O3S/c1-3-5-6-10-22-43-39-33(21-23-44-30-17-15-29(38)16-18-30)37(42)28-14-20-35-32(25-28)31-24-27(13-19-34(31)40(35)4-2)36(41)26-11-8-7-9-12-26/h7-9,11-20,24-25H,3-6,10,21-23H2,1-2H3. The summed E-state index contributed by atoms with van der Waals surface area (Å²) in [5, 5.41) is 6.94. The molecular weight excluding hydrogens is 588 g/mol. The number of ketones is 2. The van der Waals surface area contributed by atoms with Gasteiger partial charge in [-0.05, 0) is 80.4 Å². The minimum absolute atomic E-state index is 0.0270. The van der Waals surface area contributed by atoms with Crippen LogP contribution < -0.4 is 0 Å². The van der Waals surface area contributed by atoms with E-state index in [2.05, 4.69) is 23.6 Å². The maximum absolute atomic E-state index is 13.9. The fraction of sp³-hybridized carbons (Fsp3) is 0.270. The predicted molar refractivity (Wildman–Crippen MR) is 184 cm³/mol. The summed E-state index contributed by atoms with van der Waals surface area (Å²) in [5.41, 5.74) is 4.27. The zero-order valence-corrected chi connectivity index (χ0v) is 26.8. The fourth-order valence-corrected chi connectivity index (χ4v) is 6.35. The largest absolute Gasteiger partial charge is 0.395 e. The minimum Gasteiger partial charge on any atom is -0.395 e. The van der Waals surface area contributed by atoms with Crippen LogP contribution >= 0.6 is 23.4 Å². The maximum Gasteiger partial charge on any atom is 0.210 e. The zero-order chi connectivity index (χ0) is 30.9. The molecule has 0 fully saturated rings. The third-order valence-electron chi connectivity index (χ3n) is 7.69. The molecule has 0 radical (unpaired) electrons. The maximum atomic E-state index is 13.9. The minimum atomic E-state index is -0.147. The first kappa shape index (κ1) is 31.6. The number of oxime groups is 1. The molecule has 0 aliphatic heterocycles. The smallest absolute Gasteiger partial charge is 0.210 e. The SMILES string of the molecule is CCCCCCON=C(CCSc1ccc(Cl)cc1)C(=O)c1ccc2c(c1)c1cc(C(=O)c3ccccc3)ccc1n2CC. The second-order valence-electron chi connectivity index (χ2n) is 10.7. The van der Waals surface area contributed by atoms with Crippen LogP contribution in [0.3, 0.4) is 0 Å². The molecule has 0 saturated carbocycles. The molecule has 0 bridgehead atoms. The van der Waals surface area contributed by atoms with Crippen molar-refractivity contribution in [2.45, 2.75) is 57.4 Å². The van der Waals surface area contributed by atoms with E-state index in [-0.39, 0.29) is 11.6 Å². The molecule has 1 aromatic heterocycles. The number of thioether (sulfide) groups is 1. The second kappa shape index (κ2) is 15.2. The van der Waals surface area contributed by atoms with E-state index < -0.39 is 0 Å². The van der Waals surface area contributed by atoms with Gasteiger partial charge in [0.2, 0.25) is 5.78 Å². The van der Waals surface area contributed by atoms with E-state index >= 15 is 0 Å². The zero-order valence-electron chi connectivity index (χ0n) is 25.2. The van der Waals surface area contributed by atoms with Crippen LogP contribution in [0.25, 0.3) is 21.8 Å². The van der Waals surface area contributed by atoms with Crippen molar-refractivity contribution in [3.05, 3.63) is 113 Å². The molecule has 0 N–H and O–H groups in total. The van der Waals surface area contributed by atoms with Crippen molar-refractivity contribution >= 4 is 62.4 Å². The Morgan fingerprint density at radius 1 is 0.795 bits per heavy atom. The number of aryl methyl sites for hydroxylation is 1. The number of halogens is 1. The Bertz CT molecular complexity index is 1780. The summed E-state index contributed by atoms with van der Waals surface area (Å²) in [6.07, 6.45) is 4.75. The van der Waals surface area contributed by atoms with Gasteiger partial charge >= 0.3 is 0 Å². The molecule has 44 heavy (non-hydrogen) atoms. The molecule has 5 rings (SSSR count). The summed E-state index contributed by atoms with van der Waals surface area (Å²) < 4.78 is 2.22. The van der Waals surface area contributed by atoms with Gasteiger partial charge in [-0.25, -0.2) is 0 Å². The highest BCUT2D eigenvalue weighted by molar-refractivity contribution is 7.99. The lowest BCUT2D eigenvalue weighted by Crippen LogP contribution is -2.16. The number of fused-ring (bicyclic) bond motifs is 3. The highest BCUT2D eigenvalue weighted by Crippen LogP contribution is 2.32. The Kier molecular flexibility index (Phi) is 10.9. The van der Waals surface area contributed by atoms with Crippen LogP contribution in [0.15, 0.2) is 101 Å². The van der Waals surface area contributed by atoms with E-state index in [1.807, 2.05) is 91.0 Å². The van der Waals surface area contributed by atoms with Crippen molar-refractivity contribution in [3.8, 4) is 0 Å². The number of unbranched alkanes of at least 4 members (excludes halogenated alkanes) is 3. The summed E-state index contributed by atoms with van der Waals surface area (Å²) in [4.78, 5) is 33.9. The molecule has 7 heteroatoms. The summed E-state index contributed by atoms with van der Waals surface area (Å²) in [6.45, 7) is 5.52. The van der Waals surface area contributed by atoms with Crippen molar-refractivity contribution in [3.63, 3.8) is 0 Å². The van der Waals surface area contributed by atoms with Gasteiger partial charge in [-0.3, -0.25) is 9.59 Å². The molecule has 5 aromatic rings. The van der Waals surface area contributed by atoms with Crippen LogP contribution in [0.2, 0.25) is 5.02 Å². The molecule has 0 aliphatic carbocycles. The van der Waals surface area contributed by atoms with Gasteiger partial charge in [-0.1, -0.05) is 66.9 Å². The molecule has 0 aliphatic rings. The first-order valence-electron chi connectivity index (χ1n) is 15.3. The van der Waals surface area contributed by atoms with Crippen LogP contribution in [0.5, 0.6) is 0 Å². The normalized spacial score (nSPS) is 11.8. The lowest BCUT2D eigenvalue weighted by molar-refractivity contribution is 0.103. The molecule has 4 aromatic carbocycles. The van der Waals surface area contributed by atoms with Crippen LogP contribution in [0.4, 0.5) is 0 Å². The van der Waals surface area contributed by atoms with Crippen molar-refractivity contribution < 1.29 is 14.4 Å². The summed E-state index contributed by atoms with van der Waals surface area (Å²) >= 11 is 7.69. The summed E-state index contributed by atoms with van der Waals surface area (Å²) in [7, 11) is 0. The average Bonchev–Trinajstić information content (AvgIpc) is 3.38. The topological polar surface area (TPSA) is 60.7 Å². The van der Waals surface area contributed by atoms with Crippen molar-refractivity contribution in [1.82, 2.24) is 4.57 Å². The number of nitrogens with zero attached hydrogens (tertiary/aromatic N) is 2. The molecule has 1 heterocycles. The van der Waals surface area contributed by atoms with Crippen LogP contribution in [-0.2, 0) is 11.4 Å². The third kappa shape index (κ3) is 7.43. The van der Waals surface area contributed by atoms with Gasteiger partial charge in [-0.2, -0.15) is 0 Å². The van der Waals surface area contributed by atoms with Crippen LogP contribution in [0, 0.1) is 0 Å². The molecule has 0 spiro atoms. The highest BCUT2D eigenvalue weighted by atomic mass is 35.5. The molecule has 0 unspecified atom stereocenters. The number of hydrogen-bond donors (Lipinski definition) is 0. The average molecular weight is 625 g/mol. The molecule has 0 saturated heterocycles. The van der Waals surface area contributed by atoms with Crippen molar-refractivity contribution in [1.29, 1.82) is 0 Å². The monoisotopic (exact) mass is 624 g/mol. The van der Waals surface area contributed by atoms with Gasteiger partial charge in [-0.15, -0.1) is 11.8 Å². The van der Waals surface area contributed by atoms with Crippen molar-refractivity contribution in [2.75, 3.05) is 12.4 Å². The molecule has 226 valence electrons. The van der Waals surface area contributed by atoms with E-state index in [9.17, 15) is 9.59 Å². The molecule has 5 nitrogen and oxygen atoms in total. The van der Waals surface area contributed by atoms with E-state index in [4.69, 9.17) is 16.4 Å². The summed E-state index contributed by atoms with van der Waals surface area (Å²) in [5.74, 6) is 0.500. The van der Waals surface area contributed by atoms with Gasteiger partial charge in [0.25, 0.3) is 0 Å². The number of hydrogen-bond acceptors (Lipinski definition) is 5. The number of Topliss-reactive ketones (excluding diaryl/α,β-unsaturated/α-hetero) is 1. The summed E-state index contributed by atoms with van der Waals surface area (Å²) in [6, 6.07) is 28.6. The number of rotatable bonds is 15. The van der Waals surface area contributed by atoms with E-state index in [1.54, 1.807) is 11.8 Å². The quantitative estimate of drug-likeness (QED) is 0.0382. The van der Waals surface area contributed by atoms with Gasteiger partial charge < -0.3 is 9.40 Å². The van der Waals surface area contributed by atoms with Gasteiger partial charge in [0.15, 0.2) is 5.78 Å². The van der Waals surface area contributed by atoms with Gasteiger partial charge in [0.05, 0.1) is 0 Å². The number of carbonyl (C=O) groups excluding carboxylic acids is 2. The number of benzene rings is 4. The Labute approximate surface area is 268 Å². The third-order valence-corrected chi connectivity index (χ3v) is 8.95. The lowest BCUT2D eigenvalue weighted by Gasteiger charge is -2.08. The molecule has 0 atom stereocenters. The fourth-order valence-electron chi connectivity index (χ4n) is 5.36.